The van der Waals surface area contributed by atoms with E-state index in [9.17, 15) is 0 Å². The first kappa shape index (κ1) is 14.3. The minimum absolute atomic E-state index is 0.917. The average Bonchev–Trinajstić information content (AvgIpc) is 2.47. The van der Waals surface area contributed by atoms with E-state index in [0.717, 1.165) is 11.5 Å². The zero-order chi connectivity index (χ0) is 13.9. The van der Waals surface area contributed by atoms with Crippen LogP contribution in [0.25, 0.3) is 0 Å². The van der Waals surface area contributed by atoms with Crippen LogP contribution in [0, 0.1) is 0 Å². The topological polar surface area (TPSA) is 18.5 Å². The molecule has 0 atom stereocenters. The van der Waals surface area contributed by atoms with Crippen molar-refractivity contribution < 1.29 is 9.47 Å². The summed E-state index contributed by atoms with van der Waals surface area (Å²) >= 11 is -2.45. The summed E-state index contributed by atoms with van der Waals surface area (Å²) < 4.78 is 13.4. The van der Waals surface area contributed by atoms with Crippen molar-refractivity contribution in [1.29, 1.82) is 0 Å². The molecule has 0 saturated carbocycles. The van der Waals surface area contributed by atoms with Gasteiger partial charge < -0.3 is 0 Å². The number of hydrogen-bond acceptors (Lipinski definition) is 2. The van der Waals surface area contributed by atoms with Gasteiger partial charge in [-0.1, -0.05) is 0 Å². The molecule has 0 saturated heterocycles. The Hall–Kier alpha value is -1.16. The summed E-state index contributed by atoms with van der Waals surface area (Å²) in [5, 5.41) is 0. The van der Waals surface area contributed by atoms with Crippen molar-refractivity contribution in [2.24, 2.45) is 0 Å². The van der Waals surface area contributed by atoms with Gasteiger partial charge in [0.1, 0.15) is 0 Å². The molecule has 2 aromatic rings. The van der Waals surface area contributed by atoms with E-state index in [-0.39, 0.29) is 0 Å². The van der Waals surface area contributed by atoms with Crippen molar-refractivity contribution in [1.82, 2.24) is 0 Å². The predicted molar refractivity (Wildman–Crippen MR) is 82.7 cm³/mol. The summed E-state index contributed by atoms with van der Waals surface area (Å²) in [5.41, 5.74) is 0. The summed E-state index contributed by atoms with van der Waals surface area (Å²) in [4.78, 5) is 4.86. The fourth-order valence-corrected chi connectivity index (χ4v) is 8.84. The molecule has 2 nitrogen and oxygen atoms in total. The second-order valence-corrected chi connectivity index (χ2v) is 17.7. The number of benzene rings is 2. The van der Waals surface area contributed by atoms with Gasteiger partial charge in [-0.15, -0.1) is 0 Å². The van der Waals surface area contributed by atoms with E-state index in [1.54, 1.807) is 14.2 Å². The molecule has 2 rings (SSSR count). The fraction of sp³-hybridized carbons (Fsp3) is 0.250. The van der Waals surface area contributed by atoms with Crippen LogP contribution in [0.5, 0.6) is 11.5 Å². The SMILES string of the molecule is COc1cc[c]([Sn]([CH3])([CH3])[c]2ccc(OC)cc2)cc1. The number of ether oxygens (including phenoxy) is 2. The van der Waals surface area contributed by atoms with Crippen molar-refractivity contribution in [2.45, 2.75) is 9.88 Å². The van der Waals surface area contributed by atoms with Crippen LogP contribution < -0.4 is 16.6 Å². The third-order valence-electron chi connectivity index (χ3n) is 3.62. The Morgan fingerprint density at radius 3 is 1.21 bits per heavy atom. The molecule has 19 heavy (non-hydrogen) atoms. The normalized spacial score (nSPS) is 11.2. The zero-order valence-electron chi connectivity index (χ0n) is 11.9. The van der Waals surface area contributed by atoms with E-state index in [2.05, 4.69) is 58.4 Å². The Morgan fingerprint density at radius 1 is 0.632 bits per heavy atom. The molecule has 100 valence electrons. The van der Waals surface area contributed by atoms with Gasteiger partial charge in [-0.3, -0.25) is 0 Å². The van der Waals surface area contributed by atoms with E-state index < -0.39 is 18.4 Å². The summed E-state index contributed by atoms with van der Waals surface area (Å²) in [7, 11) is 3.40. The minimum atomic E-state index is -2.45. The molecule has 0 aliphatic heterocycles. The van der Waals surface area contributed by atoms with Crippen LogP contribution in [0.3, 0.4) is 0 Å². The maximum absolute atomic E-state index is 5.22. The summed E-state index contributed by atoms with van der Waals surface area (Å²) in [6.45, 7) is 0. The van der Waals surface area contributed by atoms with Crippen LogP contribution in [-0.4, -0.2) is 32.6 Å². The van der Waals surface area contributed by atoms with Gasteiger partial charge >= 0.3 is 119 Å². The van der Waals surface area contributed by atoms with Crippen LogP contribution in [0.2, 0.25) is 9.88 Å². The van der Waals surface area contributed by atoms with E-state index in [0.29, 0.717) is 0 Å². The predicted octanol–water partition coefficient (Wildman–Crippen LogP) is 2.53. The summed E-state index contributed by atoms with van der Waals surface area (Å²) in [5.74, 6) is 1.83. The molecular formula is C16H20O2Sn. The first-order valence-corrected chi connectivity index (χ1v) is 14.9. The Balaban J connectivity index is 2.33. The first-order valence-electron chi connectivity index (χ1n) is 6.37. The van der Waals surface area contributed by atoms with Crippen LogP contribution in [-0.2, 0) is 0 Å². The number of methoxy groups -OCH3 is 2. The molecule has 0 unspecified atom stereocenters. The monoisotopic (exact) mass is 364 g/mol. The van der Waals surface area contributed by atoms with E-state index in [4.69, 9.17) is 9.47 Å². The van der Waals surface area contributed by atoms with Crippen molar-refractivity contribution >= 4 is 25.5 Å². The molecule has 2 aromatic carbocycles. The van der Waals surface area contributed by atoms with Gasteiger partial charge in [-0.2, -0.15) is 0 Å². The maximum atomic E-state index is 5.22. The first-order chi connectivity index (χ1) is 9.07. The molecule has 0 N–H and O–H groups in total. The van der Waals surface area contributed by atoms with Crippen molar-refractivity contribution in [3.05, 3.63) is 48.5 Å². The molecule has 0 aliphatic carbocycles. The molecule has 0 bridgehead atoms. The van der Waals surface area contributed by atoms with E-state index in [1.165, 1.54) is 7.16 Å². The molecule has 0 spiro atoms. The van der Waals surface area contributed by atoms with Gasteiger partial charge in [0.15, 0.2) is 0 Å². The van der Waals surface area contributed by atoms with Crippen molar-refractivity contribution in [3.8, 4) is 11.5 Å². The Kier molecular flexibility index (Phi) is 4.40. The molecule has 3 heteroatoms. The van der Waals surface area contributed by atoms with Gasteiger partial charge in [-0.05, 0) is 0 Å². The van der Waals surface area contributed by atoms with E-state index >= 15 is 0 Å². The van der Waals surface area contributed by atoms with Gasteiger partial charge in [0.25, 0.3) is 0 Å². The molecule has 0 aliphatic rings. The average molecular weight is 363 g/mol. The Bertz CT molecular complexity index is 480. The molecule has 0 heterocycles. The number of hydrogen-bond donors (Lipinski definition) is 0. The summed E-state index contributed by atoms with van der Waals surface area (Å²) in [6.07, 6.45) is 0. The van der Waals surface area contributed by atoms with Gasteiger partial charge in [-0.25, -0.2) is 0 Å². The Labute approximate surface area is 119 Å². The van der Waals surface area contributed by atoms with Crippen molar-refractivity contribution in [3.63, 3.8) is 0 Å². The second-order valence-electron chi connectivity index (χ2n) is 5.08. The summed E-state index contributed by atoms with van der Waals surface area (Å²) in [6, 6.07) is 17.0. The second kappa shape index (κ2) is 5.86. The third kappa shape index (κ3) is 3.05. The van der Waals surface area contributed by atoms with E-state index in [1.807, 2.05) is 0 Å². The molecule has 0 aromatic heterocycles. The standard InChI is InChI=1S/2C7H7O.2CH3.Sn/c2*1-8-7-5-3-2-4-6-7;;;/h2*3-6H,1H3;2*1H3;. The van der Waals surface area contributed by atoms with Crippen LogP contribution in [0.4, 0.5) is 0 Å². The molecular weight excluding hydrogens is 343 g/mol. The van der Waals surface area contributed by atoms with Gasteiger partial charge in [0, 0.05) is 0 Å². The third-order valence-corrected chi connectivity index (χ3v) is 13.8. The zero-order valence-corrected chi connectivity index (χ0v) is 14.8. The van der Waals surface area contributed by atoms with Crippen LogP contribution in [0.1, 0.15) is 0 Å². The van der Waals surface area contributed by atoms with Crippen LogP contribution >= 0.6 is 0 Å². The number of rotatable bonds is 4. The molecule has 0 amide bonds. The van der Waals surface area contributed by atoms with Gasteiger partial charge in [0.2, 0.25) is 0 Å². The van der Waals surface area contributed by atoms with Gasteiger partial charge in [0.05, 0.1) is 0 Å². The van der Waals surface area contributed by atoms with Crippen molar-refractivity contribution in [2.75, 3.05) is 14.2 Å². The fourth-order valence-electron chi connectivity index (χ4n) is 2.18. The Morgan fingerprint density at radius 2 is 0.947 bits per heavy atom. The van der Waals surface area contributed by atoms with Crippen LogP contribution in [0.15, 0.2) is 48.5 Å². The molecule has 0 radical (unpaired) electrons. The molecule has 0 fully saturated rings. The quantitative estimate of drug-likeness (QED) is 0.778.